The average molecular weight is 204 g/mol. The molecule has 1 aromatic carbocycles. The fourth-order valence-electron chi connectivity index (χ4n) is 1.91. The van der Waals surface area contributed by atoms with Gasteiger partial charge >= 0.3 is 0 Å². The quantitative estimate of drug-likeness (QED) is 0.777. The fraction of sp³-hybridized carbons (Fsp3) is 0.538. The Morgan fingerprint density at radius 1 is 1.27 bits per heavy atom. The normalized spacial score (nSPS) is 25.1. The van der Waals surface area contributed by atoms with Crippen LogP contribution < -0.4 is 11.1 Å². The Morgan fingerprint density at radius 3 is 2.40 bits per heavy atom. The van der Waals surface area contributed by atoms with Crippen molar-refractivity contribution in [3.8, 4) is 0 Å². The van der Waals surface area contributed by atoms with E-state index in [2.05, 4.69) is 50.4 Å². The van der Waals surface area contributed by atoms with E-state index in [0.717, 1.165) is 6.42 Å². The predicted molar refractivity (Wildman–Crippen MR) is 65.2 cm³/mol. The molecule has 0 heterocycles. The molecule has 0 spiro atoms. The standard InChI is InChI=1S/C13H20N2/c1-13(2,3)15-12-7-5-4-6-9(12)10-8-11(10)14/h4-7,10-11,15H,8,14H2,1-3H3. The lowest BCUT2D eigenvalue weighted by molar-refractivity contribution is 0.632. The monoisotopic (exact) mass is 204 g/mol. The Labute approximate surface area is 91.9 Å². The van der Waals surface area contributed by atoms with Crippen molar-refractivity contribution in [1.29, 1.82) is 0 Å². The zero-order valence-electron chi connectivity index (χ0n) is 9.75. The highest BCUT2D eigenvalue weighted by atomic mass is 15.0. The van der Waals surface area contributed by atoms with Gasteiger partial charge in [-0.3, -0.25) is 0 Å². The Morgan fingerprint density at radius 2 is 1.87 bits per heavy atom. The first-order valence-corrected chi connectivity index (χ1v) is 5.60. The van der Waals surface area contributed by atoms with Gasteiger partial charge in [-0.25, -0.2) is 0 Å². The van der Waals surface area contributed by atoms with Gasteiger partial charge in [0.1, 0.15) is 0 Å². The van der Waals surface area contributed by atoms with E-state index in [1.807, 2.05) is 0 Å². The number of para-hydroxylation sites is 1. The number of rotatable bonds is 2. The molecule has 2 heteroatoms. The van der Waals surface area contributed by atoms with Gasteiger partial charge in [0.25, 0.3) is 0 Å². The highest BCUT2D eigenvalue weighted by molar-refractivity contribution is 5.56. The molecular formula is C13H20N2. The number of nitrogens with one attached hydrogen (secondary N) is 1. The van der Waals surface area contributed by atoms with E-state index in [-0.39, 0.29) is 5.54 Å². The van der Waals surface area contributed by atoms with Gasteiger partial charge in [0, 0.05) is 23.2 Å². The SMILES string of the molecule is CC(C)(C)Nc1ccccc1C1CC1N. The van der Waals surface area contributed by atoms with E-state index >= 15 is 0 Å². The van der Waals surface area contributed by atoms with Gasteiger partial charge in [0.15, 0.2) is 0 Å². The Balaban J connectivity index is 2.23. The van der Waals surface area contributed by atoms with Crippen LogP contribution in [0, 0.1) is 0 Å². The fourth-order valence-corrected chi connectivity index (χ4v) is 1.91. The molecule has 3 N–H and O–H groups in total. The molecule has 1 saturated carbocycles. The van der Waals surface area contributed by atoms with Crippen LogP contribution in [0.15, 0.2) is 24.3 Å². The van der Waals surface area contributed by atoms with Gasteiger partial charge in [-0.2, -0.15) is 0 Å². The van der Waals surface area contributed by atoms with Crippen LogP contribution in [0.3, 0.4) is 0 Å². The lowest BCUT2D eigenvalue weighted by atomic mass is 10.0. The molecule has 15 heavy (non-hydrogen) atoms. The van der Waals surface area contributed by atoms with Gasteiger partial charge in [-0.05, 0) is 38.8 Å². The van der Waals surface area contributed by atoms with Gasteiger partial charge in [-0.1, -0.05) is 18.2 Å². The van der Waals surface area contributed by atoms with Crippen molar-refractivity contribution >= 4 is 5.69 Å². The summed E-state index contributed by atoms with van der Waals surface area (Å²) in [6.07, 6.45) is 1.13. The number of anilines is 1. The molecule has 0 aliphatic heterocycles. The summed E-state index contributed by atoms with van der Waals surface area (Å²) < 4.78 is 0. The summed E-state index contributed by atoms with van der Waals surface area (Å²) >= 11 is 0. The van der Waals surface area contributed by atoms with E-state index in [1.165, 1.54) is 11.3 Å². The molecule has 0 amide bonds. The summed E-state index contributed by atoms with van der Waals surface area (Å²) in [5.74, 6) is 0.566. The van der Waals surface area contributed by atoms with Crippen molar-refractivity contribution in [1.82, 2.24) is 0 Å². The van der Waals surface area contributed by atoms with Crippen molar-refractivity contribution in [2.45, 2.75) is 44.7 Å². The molecule has 2 unspecified atom stereocenters. The van der Waals surface area contributed by atoms with E-state index in [1.54, 1.807) is 0 Å². The Hall–Kier alpha value is -1.02. The molecule has 0 bridgehead atoms. The maximum absolute atomic E-state index is 5.90. The second-order valence-corrected chi connectivity index (χ2v) is 5.47. The molecule has 1 aliphatic rings. The Kier molecular flexibility index (Phi) is 2.47. The van der Waals surface area contributed by atoms with Crippen LogP contribution in [0.2, 0.25) is 0 Å². The molecule has 1 aromatic rings. The molecule has 2 atom stereocenters. The second kappa shape index (κ2) is 3.53. The smallest absolute Gasteiger partial charge is 0.0380 e. The summed E-state index contributed by atoms with van der Waals surface area (Å²) in [5.41, 5.74) is 8.62. The number of nitrogens with two attached hydrogens (primary N) is 1. The number of hydrogen-bond donors (Lipinski definition) is 2. The van der Waals surface area contributed by atoms with E-state index < -0.39 is 0 Å². The summed E-state index contributed by atoms with van der Waals surface area (Å²) in [5, 5.41) is 3.54. The summed E-state index contributed by atoms with van der Waals surface area (Å²) in [6.45, 7) is 6.53. The molecular weight excluding hydrogens is 184 g/mol. The lowest BCUT2D eigenvalue weighted by Gasteiger charge is -2.24. The van der Waals surface area contributed by atoms with Gasteiger partial charge in [0.2, 0.25) is 0 Å². The van der Waals surface area contributed by atoms with E-state index in [9.17, 15) is 0 Å². The van der Waals surface area contributed by atoms with Crippen molar-refractivity contribution in [3.05, 3.63) is 29.8 Å². The van der Waals surface area contributed by atoms with Gasteiger partial charge in [-0.15, -0.1) is 0 Å². The zero-order chi connectivity index (χ0) is 11.1. The first-order valence-electron chi connectivity index (χ1n) is 5.60. The van der Waals surface area contributed by atoms with Gasteiger partial charge in [0.05, 0.1) is 0 Å². The molecule has 2 rings (SSSR count). The number of benzene rings is 1. The van der Waals surface area contributed by atoms with E-state index in [4.69, 9.17) is 5.73 Å². The van der Waals surface area contributed by atoms with Crippen LogP contribution in [-0.4, -0.2) is 11.6 Å². The highest BCUT2D eigenvalue weighted by Gasteiger charge is 2.36. The van der Waals surface area contributed by atoms with Crippen LogP contribution in [-0.2, 0) is 0 Å². The van der Waals surface area contributed by atoms with Crippen molar-refractivity contribution in [2.75, 3.05) is 5.32 Å². The van der Waals surface area contributed by atoms with Crippen molar-refractivity contribution in [2.24, 2.45) is 5.73 Å². The second-order valence-electron chi connectivity index (χ2n) is 5.47. The minimum atomic E-state index is 0.106. The topological polar surface area (TPSA) is 38.0 Å². The third kappa shape index (κ3) is 2.51. The first-order chi connectivity index (χ1) is 6.97. The molecule has 0 saturated heterocycles. The summed E-state index contributed by atoms with van der Waals surface area (Å²) in [7, 11) is 0. The van der Waals surface area contributed by atoms with Crippen molar-refractivity contribution in [3.63, 3.8) is 0 Å². The Bertz CT molecular complexity index is 352. The summed E-state index contributed by atoms with van der Waals surface area (Å²) in [6, 6.07) is 8.87. The minimum Gasteiger partial charge on any atom is -0.380 e. The molecule has 0 aromatic heterocycles. The third-order valence-electron chi connectivity index (χ3n) is 2.71. The van der Waals surface area contributed by atoms with Crippen molar-refractivity contribution < 1.29 is 0 Å². The van der Waals surface area contributed by atoms with Crippen LogP contribution >= 0.6 is 0 Å². The largest absolute Gasteiger partial charge is 0.380 e. The third-order valence-corrected chi connectivity index (χ3v) is 2.71. The molecule has 82 valence electrons. The maximum Gasteiger partial charge on any atom is 0.0380 e. The molecule has 1 aliphatic carbocycles. The minimum absolute atomic E-state index is 0.106. The highest BCUT2D eigenvalue weighted by Crippen LogP contribution is 2.42. The lowest BCUT2D eigenvalue weighted by Crippen LogP contribution is -2.26. The van der Waals surface area contributed by atoms with Crippen LogP contribution in [0.1, 0.15) is 38.7 Å². The predicted octanol–water partition coefficient (Wildman–Crippen LogP) is 2.71. The molecule has 0 radical (unpaired) electrons. The summed E-state index contributed by atoms with van der Waals surface area (Å²) in [4.78, 5) is 0. The number of hydrogen-bond acceptors (Lipinski definition) is 2. The molecule has 2 nitrogen and oxygen atoms in total. The van der Waals surface area contributed by atoms with Gasteiger partial charge < -0.3 is 11.1 Å². The maximum atomic E-state index is 5.90. The average Bonchev–Trinajstić information content (AvgIpc) is 2.80. The first kappa shape index (κ1) is 10.5. The van der Waals surface area contributed by atoms with Crippen LogP contribution in [0.4, 0.5) is 5.69 Å². The van der Waals surface area contributed by atoms with Crippen LogP contribution in [0.25, 0.3) is 0 Å². The van der Waals surface area contributed by atoms with Crippen LogP contribution in [0.5, 0.6) is 0 Å². The zero-order valence-corrected chi connectivity index (χ0v) is 9.75. The molecule has 1 fully saturated rings. The van der Waals surface area contributed by atoms with E-state index in [0.29, 0.717) is 12.0 Å².